The van der Waals surface area contributed by atoms with Crippen LogP contribution in [0.3, 0.4) is 0 Å². The Bertz CT molecular complexity index is 528. The van der Waals surface area contributed by atoms with E-state index in [-0.39, 0.29) is 30.0 Å². The molecule has 1 aliphatic heterocycles. The molecule has 0 aromatic heterocycles. The van der Waals surface area contributed by atoms with Gasteiger partial charge in [0.15, 0.2) is 0 Å². The van der Waals surface area contributed by atoms with Crippen LogP contribution in [0.1, 0.15) is 6.42 Å². The Morgan fingerprint density at radius 2 is 2.00 bits per heavy atom. The molecule has 0 bridgehead atoms. The van der Waals surface area contributed by atoms with Crippen molar-refractivity contribution >= 4 is 40.2 Å². The molecule has 7 heteroatoms. The summed E-state index contributed by atoms with van der Waals surface area (Å²) in [6, 6.07) is 6.79. The maximum Gasteiger partial charge on any atom is 0.288 e. The fraction of sp³-hybridized carbons (Fsp3) is 0.308. The van der Waals surface area contributed by atoms with Gasteiger partial charge in [-0.15, -0.1) is 0 Å². The minimum Gasteiger partial charge on any atom is -0.399 e. The number of benzene rings is 1. The van der Waals surface area contributed by atoms with Crippen molar-refractivity contribution in [3.8, 4) is 0 Å². The second-order valence-electron chi connectivity index (χ2n) is 4.39. The van der Waals surface area contributed by atoms with Gasteiger partial charge in [-0.1, -0.05) is 11.8 Å². The predicted molar refractivity (Wildman–Crippen MR) is 78.4 cm³/mol. The van der Waals surface area contributed by atoms with Crippen LogP contribution in [0.15, 0.2) is 24.3 Å². The lowest BCUT2D eigenvalue weighted by molar-refractivity contribution is -0.131. The summed E-state index contributed by atoms with van der Waals surface area (Å²) in [6.45, 7) is -0.231. The predicted octanol–water partition coefficient (Wildman–Crippen LogP) is 1.32. The molecule has 3 amide bonds. The van der Waals surface area contributed by atoms with Crippen LogP contribution in [0, 0.1) is 0 Å². The third-order valence-corrected chi connectivity index (χ3v) is 3.89. The molecule has 1 heterocycles. The van der Waals surface area contributed by atoms with E-state index < -0.39 is 0 Å². The van der Waals surface area contributed by atoms with Gasteiger partial charge >= 0.3 is 0 Å². The maximum absolute atomic E-state index is 12.1. The topological polar surface area (TPSA) is 83.7 Å². The normalized spacial score (nSPS) is 15.3. The standard InChI is InChI=1S/C13H15N3O3S/c1-15(10-4-2-9(14)3-5-10)12(18)8-16-11(17)6-7-20-13(16)19/h2-5H,6-8,14H2,1H3. The fourth-order valence-electron chi connectivity index (χ4n) is 1.78. The third kappa shape index (κ3) is 3.11. The van der Waals surface area contributed by atoms with Gasteiger partial charge in [-0.25, -0.2) is 0 Å². The molecule has 1 fully saturated rings. The van der Waals surface area contributed by atoms with E-state index in [0.717, 1.165) is 16.7 Å². The average Bonchev–Trinajstić information content (AvgIpc) is 2.43. The third-order valence-electron chi connectivity index (χ3n) is 3.01. The first-order valence-electron chi connectivity index (χ1n) is 6.08. The molecule has 2 N–H and O–H groups in total. The molecular formula is C13H15N3O3S. The molecule has 1 aromatic rings. The summed E-state index contributed by atoms with van der Waals surface area (Å²) in [7, 11) is 1.60. The van der Waals surface area contributed by atoms with Crippen molar-refractivity contribution in [1.29, 1.82) is 0 Å². The largest absolute Gasteiger partial charge is 0.399 e. The Kier molecular flexibility index (Phi) is 4.29. The highest BCUT2D eigenvalue weighted by Gasteiger charge is 2.29. The number of imide groups is 1. The summed E-state index contributed by atoms with van der Waals surface area (Å²) in [5, 5.41) is -0.361. The molecule has 1 saturated heterocycles. The smallest absolute Gasteiger partial charge is 0.288 e. The van der Waals surface area contributed by atoms with Crippen LogP contribution in [0.25, 0.3) is 0 Å². The second-order valence-corrected chi connectivity index (χ2v) is 5.43. The first-order chi connectivity index (χ1) is 9.49. The first kappa shape index (κ1) is 14.4. The highest BCUT2D eigenvalue weighted by atomic mass is 32.2. The summed E-state index contributed by atoms with van der Waals surface area (Å²) < 4.78 is 0. The molecule has 106 valence electrons. The Hall–Kier alpha value is -2.02. The van der Waals surface area contributed by atoms with Gasteiger partial charge in [0.2, 0.25) is 11.8 Å². The quantitative estimate of drug-likeness (QED) is 0.850. The number of rotatable bonds is 3. The van der Waals surface area contributed by atoms with Gasteiger partial charge in [-0.05, 0) is 24.3 Å². The van der Waals surface area contributed by atoms with Gasteiger partial charge in [0, 0.05) is 30.6 Å². The van der Waals surface area contributed by atoms with Gasteiger partial charge in [0.05, 0.1) is 0 Å². The van der Waals surface area contributed by atoms with Crippen LogP contribution in [0.5, 0.6) is 0 Å². The number of nitrogens with two attached hydrogens (primary N) is 1. The highest BCUT2D eigenvalue weighted by Crippen LogP contribution is 2.19. The number of hydrogen-bond donors (Lipinski definition) is 1. The van der Waals surface area contributed by atoms with E-state index in [1.54, 1.807) is 31.3 Å². The number of thioether (sulfide) groups is 1. The molecular weight excluding hydrogens is 278 g/mol. The van der Waals surface area contributed by atoms with Gasteiger partial charge in [-0.2, -0.15) is 0 Å². The zero-order valence-corrected chi connectivity index (χ0v) is 11.9. The zero-order chi connectivity index (χ0) is 14.7. The first-order valence-corrected chi connectivity index (χ1v) is 7.07. The number of likely N-dealkylation sites (N-methyl/N-ethyl adjacent to an activating group) is 1. The van der Waals surface area contributed by atoms with Crippen molar-refractivity contribution in [2.75, 3.05) is 30.0 Å². The van der Waals surface area contributed by atoms with Crippen molar-refractivity contribution in [3.63, 3.8) is 0 Å². The van der Waals surface area contributed by atoms with Gasteiger partial charge < -0.3 is 10.6 Å². The highest BCUT2D eigenvalue weighted by molar-refractivity contribution is 8.13. The Labute approximate surface area is 120 Å². The molecule has 2 rings (SSSR count). The van der Waals surface area contributed by atoms with E-state index in [1.807, 2.05) is 0 Å². The number of nitrogen functional groups attached to an aromatic ring is 1. The summed E-state index contributed by atoms with van der Waals surface area (Å²) >= 11 is 1.06. The Morgan fingerprint density at radius 3 is 2.60 bits per heavy atom. The van der Waals surface area contributed by atoms with Crippen LogP contribution in [0.4, 0.5) is 16.2 Å². The van der Waals surface area contributed by atoms with Crippen LogP contribution in [-0.2, 0) is 9.59 Å². The van der Waals surface area contributed by atoms with E-state index >= 15 is 0 Å². The fourth-order valence-corrected chi connectivity index (χ4v) is 2.55. The molecule has 0 spiro atoms. The molecule has 0 aliphatic carbocycles. The van der Waals surface area contributed by atoms with Crippen molar-refractivity contribution in [1.82, 2.24) is 4.90 Å². The van der Waals surface area contributed by atoms with E-state index in [9.17, 15) is 14.4 Å². The van der Waals surface area contributed by atoms with E-state index in [0.29, 0.717) is 17.1 Å². The van der Waals surface area contributed by atoms with Crippen LogP contribution in [-0.4, -0.2) is 41.3 Å². The lowest BCUT2D eigenvalue weighted by atomic mass is 10.2. The SMILES string of the molecule is CN(C(=O)CN1C(=O)CCSC1=O)c1ccc(N)cc1. The summed E-state index contributed by atoms with van der Waals surface area (Å²) in [4.78, 5) is 37.8. The van der Waals surface area contributed by atoms with Crippen molar-refractivity contribution in [2.45, 2.75) is 6.42 Å². The number of hydrogen-bond acceptors (Lipinski definition) is 5. The molecule has 0 saturated carbocycles. The van der Waals surface area contributed by atoms with Crippen molar-refractivity contribution in [3.05, 3.63) is 24.3 Å². The molecule has 1 aliphatic rings. The zero-order valence-electron chi connectivity index (χ0n) is 11.0. The van der Waals surface area contributed by atoms with Crippen LogP contribution in [0.2, 0.25) is 0 Å². The van der Waals surface area contributed by atoms with Gasteiger partial charge in [-0.3, -0.25) is 19.3 Å². The molecule has 0 radical (unpaired) electrons. The van der Waals surface area contributed by atoms with E-state index in [2.05, 4.69) is 0 Å². The lowest BCUT2D eigenvalue weighted by Gasteiger charge is -2.26. The Balaban J connectivity index is 2.05. The molecule has 6 nitrogen and oxygen atoms in total. The lowest BCUT2D eigenvalue weighted by Crippen LogP contribution is -2.45. The van der Waals surface area contributed by atoms with Crippen LogP contribution >= 0.6 is 11.8 Å². The van der Waals surface area contributed by atoms with Crippen molar-refractivity contribution in [2.24, 2.45) is 0 Å². The Morgan fingerprint density at radius 1 is 1.35 bits per heavy atom. The summed E-state index contributed by atoms with van der Waals surface area (Å²) in [5.41, 5.74) is 6.85. The molecule has 0 unspecified atom stereocenters. The number of anilines is 2. The summed E-state index contributed by atoms with van der Waals surface area (Å²) in [5.74, 6) is -0.136. The molecule has 0 atom stereocenters. The number of nitrogens with zero attached hydrogens (tertiary/aromatic N) is 2. The second kappa shape index (κ2) is 5.96. The number of amides is 3. The number of carbonyl (C=O) groups is 3. The van der Waals surface area contributed by atoms with Gasteiger partial charge in [0.25, 0.3) is 5.24 Å². The van der Waals surface area contributed by atoms with Gasteiger partial charge in [0.1, 0.15) is 6.54 Å². The number of carbonyl (C=O) groups excluding carboxylic acids is 3. The minimum atomic E-state index is -0.361. The average molecular weight is 293 g/mol. The minimum absolute atomic E-state index is 0.231. The van der Waals surface area contributed by atoms with Crippen molar-refractivity contribution < 1.29 is 14.4 Å². The summed E-state index contributed by atoms with van der Waals surface area (Å²) in [6.07, 6.45) is 0.287. The molecule has 1 aromatic carbocycles. The monoisotopic (exact) mass is 293 g/mol. The van der Waals surface area contributed by atoms with E-state index in [1.165, 1.54) is 4.90 Å². The van der Waals surface area contributed by atoms with Crippen LogP contribution < -0.4 is 10.6 Å². The van der Waals surface area contributed by atoms with E-state index in [4.69, 9.17) is 5.73 Å². The molecule has 20 heavy (non-hydrogen) atoms. The maximum atomic E-state index is 12.1.